The predicted octanol–water partition coefficient (Wildman–Crippen LogP) is 1.86. The number of nitro groups is 1. The second kappa shape index (κ2) is 9.03. The van der Waals surface area contributed by atoms with Gasteiger partial charge in [0.25, 0.3) is 5.91 Å². The number of piperazine rings is 1. The molecule has 1 saturated heterocycles. The Hall–Kier alpha value is -4.28. The molecular formula is C20H20N8O3. The zero-order chi connectivity index (χ0) is 21.6. The summed E-state index contributed by atoms with van der Waals surface area (Å²) in [5.74, 6) is -0.418. The van der Waals surface area contributed by atoms with Crippen LogP contribution >= 0.6 is 0 Å². The van der Waals surface area contributed by atoms with Crippen LogP contribution in [0.4, 0.5) is 23.0 Å². The van der Waals surface area contributed by atoms with Crippen LogP contribution in [0.25, 0.3) is 0 Å². The number of carbonyl (C=O) groups is 1. The molecule has 11 heteroatoms. The number of hydrazine groups is 1. The monoisotopic (exact) mass is 420 g/mol. The standard InChI is InChI=1S/C20H20N8O3/c29-20(16-8-4-5-9-21-16)25-24-18-17(28(30)31)19(23-14-22-18)27-12-10-26(11-13-27)15-6-2-1-3-7-15/h1-9,14H,10-13H2,(H,25,29)(H,22,23,24). The molecule has 3 aromatic rings. The molecule has 1 aliphatic heterocycles. The Morgan fingerprint density at radius 1 is 0.935 bits per heavy atom. The van der Waals surface area contributed by atoms with Crippen LogP contribution in [-0.4, -0.2) is 52.0 Å². The van der Waals surface area contributed by atoms with E-state index < -0.39 is 10.8 Å². The van der Waals surface area contributed by atoms with E-state index in [0.29, 0.717) is 26.2 Å². The summed E-state index contributed by atoms with van der Waals surface area (Å²) in [4.78, 5) is 39.6. The van der Waals surface area contributed by atoms with Crippen molar-refractivity contribution in [3.05, 3.63) is 76.9 Å². The molecule has 11 nitrogen and oxygen atoms in total. The molecule has 2 aromatic heterocycles. The third-order valence-corrected chi connectivity index (χ3v) is 4.88. The Morgan fingerprint density at radius 2 is 1.65 bits per heavy atom. The summed E-state index contributed by atoms with van der Waals surface area (Å²) in [6.07, 6.45) is 2.72. The first-order valence-electron chi connectivity index (χ1n) is 9.65. The van der Waals surface area contributed by atoms with Crippen molar-refractivity contribution in [1.82, 2.24) is 20.4 Å². The van der Waals surface area contributed by atoms with Gasteiger partial charge in [0.15, 0.2) is 0 Å². The highest BCUT2D eigenvalue weighted by Crippen LogP contribution is 2.32. The normalized spacial score (nSPS) is 13.5. The Bertz CT molecular complexity index is 1060. The first-order valence-corrected chi connectivity index (χ1v) is 9.65. The largest absolute Gasteiger partial charge is 0.368 e. The van der Waals surface area contributed by atoms with Gasteiger partial charge in [0.1, 0.15) is 12.0 Å². The van der Waals surface area contributed by atoms with E-state index in [1.807, 2.05) is 35.2 Å². The number of anilines is 3. The lowest BCUT2D eigenvalue weighted by molar-refractivity contribution is -0.383. The predicted molar refractivity (Wildman–Crippen MR) is 115 cm³/mol. The Kier molecular flexibility index (Phi) is 5.83. The van der Waals surface area contributed by atoms with Crippen molar-refractivity contribution in [2.75, 3.05) is 41.4 Å². The molecule has 0 atom stereocenters. The number of hydrogen-bond donors (Lipinski definition) is 2. The highest BCUT2D eigenvalue weighted by Gasteiger charge is 2.29. The lowest BCUT2D eigenvalue weighted by atomic mass is 10.2. The fourth-order valence-electron chi connectivity index (χ4n) is 3.35. The van der Waals surface area contributed by atoms with Crippen LogP contribution in [0, 0.1) is 10.1 Å². The first-order chi connectivity index (χ1) is 15.1. The second-order valence-corrected chi connectivity index (χ2v) is 6.76. The van der Waals surface area contributed by atoms with E-state index in [2.05, 4.69) is 30.7 Å². The molecule has 0 aliphatic carbocycles. The van der Waals surface area contributed by atoms with E-state index in [0.717, 1.165) is 5.69 Å². The van der Waals surface area contributed by atoms with E-state index in [9.17, 15) is 14.9 Å². The lowest BCUT2D eigenvalue weighted by Crippen LogP contribution is -2.47. The zero-order valence-corrected chi connectivity index (χ0v) is 16.5. The fourth-order valence-corrected chi connectivity index (χ4v) is 3.35. The number of amides is 1. The molecular weight excluding hydrogens is 400 g/mol. The smallest absolute Gasteiger partial charge is 0.355 e. The molecule has 0 saturated carbocycles. The molecule has 0 radical (unpaired) electrons. The summed E-state index contributed by atoms with van der Waals surface area (Å²) in [7, 11) is 0. The minimum atomic E-state index is -0.547. The van der Waals surface area contributed by atoms with Crippen LogP contribution in [0.15, 0.2) is 61.1 Å². The van der Waals surface area contributed by atoms with Crippen LogP contribution in [0.2, 0.25) is 0 Å². The van der Waals surface area contributed by atoms with Crippen LogP contribution < -0.4 is 20.7 Å². The van der Waals surface area contributed by atoms with Gasteiger partial charge in [-0.05, 0) is 24.3 Å². The van der Waals surface area contributed by atoms with Gasteiger partial charge in [-0.3, -0.25) is 30.7 Å². The molecule has 1 aliphatic rings. The van der Waals surface area contributed by atoms with Gasteiger partial charge in [-0.25, -0.2) is 9.97 Å². The van der Waals surface area contributed by atoms with Crippen molar-refractivity contribution in [2.45, 2.75) is 0 Å². The molecule has 0 unspecified atom stereocenters. The maximum Gasteiger partial charge on any atom is 0.355 e. The summed E-state index contributed by atoms with van der Waals surface area (Å²) in [5.41, 5.74) is 5.92. The van der Waals surface area contributed by atoms with Crippen LogP contribution in [0.1, 0.15) is 10.5 Å². The molecule has 158 valence electrons. The third kappa shape index (κ3) is 4.50. The Balaban J connectivity index is 1.49. The van der Waals surface area contributed by atoms with Crippen molar-refractivity contribution in [1.29, 1.82) is 0 Å². The van der Waals surface area contributed by atoms with Gasteiger partial charge in [0.2, 0.25) is 11.6 Å². The van der Waals surface area contributed by atoms with Crippen molar-refractivity contribution >= 4 is 28.9 Å². The van der Waals surface area contributed by atoms with E-state index in [-0.39, 0.29) is 23.0 Å². The van der Waals surface area contributed by atoms with Gasteiger partial charge in [0, 0.05) is 38.1 Å². The summed E-state index contributed by atoms with van der Waals surface area (Å²) in [6.45, 7) is 2.52. The number of carbonyl (C=O) groups excluding carboxylic acids is 1. The van der Waals surface area contributed by atoms with Gasteiger partial charge in [0.05, 0.1) is 4.92 Å². The molecule has 3 heterocycles. The number of hydrogen-bond acceptors (Lipinski definition) is 9. The molecule has 0 spiro atoms. The molecule has 0 bridgehead atoms. The topological polar surface area (TPSA) is 129 Å². The molecule has 1 aromatic carbocycles. The average molecular weight is 420 g/mol. The Labute approximate surface area is 177 Å². The van der Waals surface area contributed by atoms with E-state index >= 15 is 0 Å². The summed E-state index contributed by atoms with van der Waals surface area (Å²) in [6, 6.07) is 14.9. The number of pyridine rings is 1. The van der Waals surface area contributed by atoms with Gasteiger partial charge in [-0.1, -0.05) is 24.3 Å². The third-order valence-electron chi connectivity index (χ3n) is 4.88. The quantitative estimate of drug-likeness (QED) is 0.453. The number of aromatic nitrogens is 3. The van der Waals surface area contributed by atoms with Crippen LogP contribution in [0.5, 0.6) is 0 Å². The lowest BCUT2D eigenvalue weighted by Gasteiger charge is -2.36. The molecule has 4 rings (SSSR count). The number of benzene rings is 1. The van der Waals surface area contributed by atoms with Crippen LogP contribution in [0.3, 0.4) is 0 Å². The number of para-hydroxylation sites is 1. The minimum Gasteiger partial charge on any atom is -0.368 e. The number of rotatable bonds is 6. The maximum absolute atomic E-state index is 12.2. The maximum atomic E-state index is 12.2. The van der Waals surface area contributed by atoms with Gasteiger partial charge >= 0.3 is 5.69 Å². The van der Waals surface area contributed by atoms with Crippen molar-refractivity contribution in [3.8, 4) is 0 Å². The van der Waals surface area contributed by atoms with E-state index in [4.69, 9.17) is 0 Å². The molecule has 1 fully saturated rings. The minimum absolute atomic E-state index is 0.0928. The fraction of sp³-hybridized carbons (Fsp3) is 0.200. The number of nitrogens with one attached hydrogen (secondary N) is 2. The Morgan fingerprint density at radius 3 is 2.32 bits per heavy atom. The summed E-state index contributed by atoms with van der Waals surface area (Å²) in [5, 5.41) is 11.8. The molecule has 1 amide bonds. The second-order valence-electron chi connectivity index (χ2n) is 6.76. The van der Waals surface area contributed by atoms with E-state index in [1.165, 1.54) is 18.6 Å². The number of nitrogens with zero attached hydrogens (tertiary/aromatic N) is 6. The first kappa shape index (κ1) is 20.0. The molecule has 2 N–H and O–H groups in total. The summed E-state index contributed by atoms with van der Waals surface area (Å²) >= 11 is 0. The van der Waals surface area contributed by atoms with Crippen molar-refractivity contribution < 1.29 is 9.72 Å². The van der Waals surface area contributed by atoms with Gasteiger partial charge in [-0.2, -0.15) is 0 Å². The average Bonchev–Trinajstić information content (AvgIpc) is 2.83. The van der Waals surface area contributed by atoms with Gasteiger partial charge in [-0.15, -0.1) is 0 Å². The van der Waals surface area contributed by atoms with Crippen molar-refractivity contribution in [2.24, 2.45) is 0 Å². The van der Waals surface area contributed by atoms with Crippen LogP contribution in [-0.2, 0) is 0 Å². The van der Waals surface area contributed by atoms with Crippen molar-refractivity contribution in [3.63, 3.8) is 0 Å². The highest BCUT2D eigenvalue weighted by molar-refractivity contribution is 5.93. The summed E-state index contributed by atoms with van der Waals surface area (Å²) < 4.78 is 0. The van der Waals surface area contributed by atoms with E-state index in [1.54, 1.807) is 12.1 Å². The van der Waals surface area contributed by atoms with Gasteiger partial charge < -0.3 is 9.80 Å². The zero-order valence-electron chi connectivity index (χ0n) is 16.5. The SMILES string of the molecule is O=C(NNc1ncnc(N2CCN(c3ccccc3)CC2)c1[N+](=O)[O-])c1ccccn1. The molecule has 31 heavy (non-hydrogen) atoms. The highest BCUT2D eigenvalue weighted by atomic mass is 16.6.